The van der Waals surface area contributed by atoms with Gasteiger partial charge in [-0.3, -0.25) is 4.79 Å². The number of hydrogen-bond donors (Lipinski definition) is 3. The van der Waals surface area contributed by atoms with Gasteiger partial charge in [0.2, 0.25) is 11.9 Å². The summed E-state index contributed by atoms with van der Waals surface area (Å²) in [6.07, 6.45) is 5.50. The lowest BCUT2D eigenvalue weighted by Gasteiger charge is -2.27. The van der Waals surface area contributed by atoms with Crippen molar-refractivity contribution >= 4 is 17.7 Å². The zero-order valence-electron chi connectivity index (χ0n) is 14.7. The van der Waals surface area contributed by atoms with E-state index in [1.165, 1.54) is 0 Å². The van der Waals surface area contributed by atoms with Gasteiger partial charge in [0.1, 0.15) is 5.82 Å². The topological polar surface area (TPSA) is 96.2 Å². The van der Waals surface area contributed by atoms with Crippen LogP contribution in [-0.2, 0) is 11.2 Å². The largest absolute Gasteiger partial charge is 0.370 e. The third-order valence-corrected chi connectivity index (χ3v) is 4.18. The number of aryl methyl sites for hydroxylation is 1. The number of rotatable bonds is 9. The first-order valence-electron chi connectivity index (χ1n) is 9.05. The molecule has 1 aromatic heterocycles. The molecule has 7 nitrogen and oxygen atoms in total. The van der Waals surface area contributed by atoms with Gasteiger partial charge >= 0.3 is 0 Å². The fourth-order valence-corrected chi connectivity index (χ4v) is 2.78. The molecule has 1 aliphatic rings. The average molecular weight is 334 g/mol. The number of nitrogens with two attached hydrogens (primary N) is 1. The van der Waals surface area contributed by atoms with Crippen molar-refractivity contribution in [1.29, 1.82) is 0 Å². The Labute approximate surface area is 144 Å². The summed E-state index contributed by atoms with van der Waals surface area (Å²) in [6.45, 7) is 6.51. The number of carbonyl (C=O) groups is 1. The molecule has 4 N–H and O–H groups in total. The summed E-state index contributed by atoms with van der Waals surface area (Å²) in [5, 5.41) is 6.54. The van der Waals surface area contributed by atoms with Gasteiger partial charge in [0.25, 0.3) is 0 Å². The number of unbranched alkanes of at least 4 members (excludes halogenated alkanes) is 2. The summed E-state index contributed by atoms with van der Waals surface area (Å²) in [5.74, 6) is 1.37. The Morgan fingerprint density at radius 2 is 2.08 bits per heavy atom. The highest BCUT2D eigenvalue weighted by molar-refractivity contribution is 5.76. The minimum Gasteiger partial charge on any atom is -0.370 e. The van der Waals surface area contributed by atoms with Crippen LogP contribution in [0.2, 0.25) is 0 Å². The number of aromatic nitrogens is 2. The molecule has 1 saturated heterocycles. The first-order valence-corrected chi connectivity index (χ1v) is 9.05. The molecule has 0 saturated carbocycles. The van der Waals surface area contributed by atoms with Crippen LogP contribution in [0.5, 0.6) is 0 Å². The van der Waals surface area contributed by atoms with Gasteiger partial charge in [-0.05, 0) is 25.7 Å². The van der Waals surface area contributed by atoms with E-state index in [9.17, 15) is 4.79 Å². The van der Waals surface area contributed by atoms with Crippen LogP contribution in [-0.4, -0.2) is 53.5 Å². The van der Waals surface area contributed by atoms with Gasteiger partial charge < -0.3 is 21.3 Å². The molecule has 0 bridgehead atoms. The molecule has 1 fully saturated rings. The van der Waals surface area contributed by atoms with Gasteiger partial charge in [-0.2, -0.15) is 4.98 Å². The summed E-state index contributed by atoms with van der Waals surface area (Å²) >= 11 is 0. The van der Waals surface area contributed by atoms with Crippen LogP contribution in [0.1, 0.15) is 44.7 Å². The van der Waals surface area contributed by atoms with Crippen molar-refractivity contribution in [3.63, 3.8) is 0 Å². The Kier molecular flexibility index (Phi) is 7.74. The quantitative estimate of drug-likeness (QED) is 0.591. The third-order valence-electron chi connectivity index (χ3n) is 4.18. The van der Waals surface area contributed by atoms with Crippen molar-refractivity contribution in [3.8, 4) is 0 Å². The minimum absolute atomic E-state index is 0.264. The number of nitrogens with one attached hydrogen (secondary N) is 2. The summed E-state index contributed by atoms with van der Waals surface area (Å²) in [7, 11) is 0. The van der Waals surface area contributed by atoms with E-state index in [4.69, 9.17) is 5.73 Å². The molecule has 0 radical (unpaired) electrons. The lowest BCUT2D eigenvalue weighted by Crippen LogP contribution is -2.46. The monoisotopic (exact) mass is 334 g/mol. The molecule has 2 rings (SSSR count). The molecule has 7 heteroatoms. The average Bonchev–Trinajstić information content (AvgIpc) is 2.59. The van der Waals surface area contributed by atoms with Crippen molar-refractivity contribution in [3.05, 3.63) is 11.8 Å². The molecule has 0 aromatic carbocycles. The highest BCUT2D eigenvalue weighted by Gasteiger charge is 2.15. The second kappa shape index (κ2) is 10.1. The van der Waals surface area contributed by atoms with Crippen molar-refractivity contribution in [2.24, 2.45) is 0 Å². The van der Waals surface area contributed by atoms with Crippen LogP contribution >= 0.6 is 0 Å². The maximum absolute atomic E-state index is 12.1. The molecule has 1 aromatic rings. The predicted molar refractivity (Wildman–Crippen MR) is 96.8 cm³/mol. The molecule has 0 spiro atoms. The minimum atomic E-state index is 0.264. The summed E-state index contributed by atoms with van der Waals surface area (Å²) in [5.41, 5.74) is 6.73. The standard InChI is InChI=1S/C17H30N6O/c1-2-3-8-20-15-13-14(21-17(18)22-15)6-4-5-7-16(24)23-11-9-19-10-12-23/h13,19H,2-12H2,1H3,(H3,18,20,21,22). The van der Waals surface area contributed by atoms with E-state index >= 15 is 0 Å². The Bertz CT molecular complexity index is 516. The number of anilines is 2. The maximum atomic E-state index is 12.1. The fraction of sp³-hybridized carbons (Fsp3) is 0.706. The van der Waals surface area contributed by atoms with Crippen LogP contribution in [0, 0.1) is 0 Å². The lowest BCUT2D eigenvalue weighted by molar-refractivity contribution is -0.131. The Morgan fingerprint density at radius 1 is 1.29 bits per heavy atom. The number of carbonyl (C=O) groups excluding carboxylic acids is 1. The Balaban J connectivity index is 1.72. The lowest BCUT2D eigenvalue weighted by atomic mass is 10.1. The van der Waals surface area contributed by atoms with Crippen LogP contribution in [0.25, 0.3) is 0 Å². The first kappa shape index (κ1) is 18.4. The molecule has 0 atom stereocenters. The van der Waals surface area contributed by atoms with Crippen LogP contribution in [0.4, 0.5) is 11.8 Å². The van der Waals surface area contributed by atoms with E-state index in [1.54, 1.807) is 0 Å². The van der Waals surface area contributed by atoms with Gasteiger partial charge in [0.15, 0.2) is 0 Å². The van der Waals surface area contributed by atoms with Crippen LogP contribution < -0.4 is 16.4 Å². The number of nitrogens with zero attached hydrogens (tertiary/aromatic N) is 3. The summed E-state index contributed by atoms with van der Waals surface area (Å²) in [4.78, 5) is 22.6. The van der Waals surface area contributed by atoms with Gasteiger partial charge in [-0.1, -0.05) is 13.3 Å². The molecule has 0 unspecified atom stereocenters. The molecule has 24 heavy (non-hydrogen) atoms. The SMILES string of the molecule is CCCCNc1cc(CCCCC(=O)N2CCNCC2)nc(N)n1. The molecule has 0 aliphatic carbocycles. The number of hydrogen-bond acceptors (Lipinski definition) is 6. The number of piperazine rings is 1. The van der Waals surface area contributed by atoms with Crippen LogP contribution in [0.15, 0.2) is 6.07 Å². The molecule has 134 valence electrons. The predicted octanol–water partition coefficient (Wildman–Crippen LogP) is 1.42. The zero-order chi connectivity index (χ0) is 17.2. The van der Waals surface area contributed by atoms with E-state index in [1.807, 2.05) is 11.0 Å². The van der Waals surface area contributed by atoms with Gasteiger partial charge in [-0.25, -0.2) is 4.98 Å². The molecular weight excluding hydrogens is 304 g/mol. The van der Waals surface area contributed by atoms with Crippen molar-refractivity contribution in [2.45, 2.75) is 45.4 Å². The molecular formula is C17H30N6O. The normalized spacial score (nSPS) is 14.6. The Hall–Kier alpha value is -1.89. The van der Waals surface area contributed by atoms with Gasteiger partial charge in [0.05, 0.1) is 0 Å². The molecule has 1 aliphatic heterocycles. The number of nitrogen functional groups attached to an aromatic ring is 1. The summed E-state index contributed by atoms with van der Waals surface area (Å²) in [6, 6.07) is 1.96. The smallest absolute Gasteiger partial charge is 0.222 e. The second-order valence-corrected chi connectivity index (χ2v) is 6.22. The van der Waals surface area contributed by atoms with E-state index in [-0.39, 0.29) is 5.91 Å². The van der Waals surface area contributed by atoms with E-state index in [0.29, 0.717) is 12.4 Å². The van der Waals surface area contributed by atoms with E-state index in [0.717, 1.165) is 76.3 Å². The number of amides is 1. The highest BCUT2D eigenvalue weighted by atomic mass is 16.2. The first-order chi connectivity index (χ1) is 11.7. The van der Waals surface area contributed by atoms with Gasteiger partial charge in [-0.15, -0.1) is 0 Å². The second-order valence-electron chi connectivity index (χ2n) is 6.22. The Morgan fingerprint density at radius 3 is 2.83 bits per heavy atom. The van der Waals surface area contributed by atoms with Crippen molar-refractivity contribution in [2.75, 3.05) is 43.8 Å². The van der Waals surface area contributed by atoms with Crippen molar-refractivity contribution in [1.82, 2.24) is 20.2 Å². The highest BCUT2D eigenvalue weighted by Crippen LogP contribution is 2.12. The third kappa shape index (κ3) is 6.31. The molecule has 2 heterocycles. The van der Waals surface area contributed by atoms with Crippen LogP contribution in [0.3, 0.4) is 0 Å². The van der Waals surface area contributed by atoms with E-state index in [2.05, 4.69) is 27.5 Å². The maximum Gasteiger partial charge on any atom is 0.222 e. The summed E-state index contributed by atoms with van der Waals surface area (Å²) < 4.78 is 0. The van der Waals surface area contributed by atoms with Crippen molar-refractivity contribution < 1.29 is 4.79 Å². The van der Waals surface area contributed by atoms with E-state index < -0.39 is 0 Å². The zero-order valence-corrected chi connectivity index (χ0v) is 14.7. The molecule has 1 amide bonds. The fourth-order valence-electron chi connectivity index (χ4n) is 2.78. The van der Waals surface area contributed by atoms with Gasteiger partial charge in [0, 0.05) is 50.9 Å².